The Morgan fingerprint density at radius 3 is 2.28 bits per heavy atom. The van der Waals surface area contributed by atoms with Crippen molar-refractivity contribution in [2.75, 3.05) is 5.32 Å². The minimum absolute atomic E-state index is 0.0582. The summed E-state index contributed by atoms with van der Waals surface area (Å²) in [5, 5.41) is 4.31. The largest absolute Gasteiger partial charge is 0.378 e. The SMILES string of the molecule is CC(Nc1ccc(Cl)c(Cl)c1)c1ccc(F)cc1. The van der Waals surface area contributed by atoms with Crippen LogP contribution in [0.15, 0.2) is 42.5 Å². The van der Waals surface area contributed by atoms with Crippen LogP contribution in [0.25, 0.3) is 0 Å². The first-order valence-electron chi connectivity index (χ1n) is 5.53. The molecular formula is C14H12Cl2FN. The quantitative estimate of drug-likeness (QED) is 0.805. The predicted molar refractivity (Wildman–Crippen MR) is 74.9 cm³/mol. The summed E-state index contributed by atoms with van der Waals surface area (Å²) >= 11 is 11.8. The van der Waals surface area contributed by atoms with Gasteiger partial charge in [-0.05, 0) is 42.8 Å². The predicted octanol–water partition coefficient (Wildman–Crippen LogP) is 5.31. The van der Waals surface area contributed by atoms with Crippen molar-refractivity contribution < 1.29 is 4.39 Å². The highest BCUT2D eigenvalue weighted by atomic mass is 35.5. The van der Waals surface area contributed by atoms with Crippen LogP contribution in [-0.2, 0) is 0 Å². The molecule has 2 rings (SSSR count). The summed E-state index contributed by atoms with van der Waals surface area (Å²) in [6.45, 7) is 2.00. The van der Waals surface area contributed by atoms with Crippen molar-refractivity contribution in [2.24, 2.45) is 0 Å². The molecule has 4 heteroatoms. The van der Waals surface area contributed by atoms with Crippen molar-refractivity contribution in [3.63, 3.8) is 0 Å². The maximum Gasteiger partial charge on any atom is 0.123 e. The molecule has 0 saturated carbocycles. The highest BCUT2D eigenvalue weighted by Crippen LogP contribution is 2.27. The Balaban J connectivity index is 2.13. The first-order chi connectivity index (χ1) is 8.56. The average Bonchev–Trinajstić information content (AvgIpc) is 2.34. The Morgan fingerprint density at radius 1 is 1.00 bits per heavy atom. The smallest absolute Gasteiger partial charge is 0.123 e. The van der Waals surface area contributed by atoms with Crippen LogP contribution in [0.2, 0.25) is 10.0 Å². The van der Waals surface area contributed by atoms with Gasteiger partial charge in [-0.15, -0.1) is 0 Å². The molecule has 0 saturated heterocycles. The molecule has 0 aliphatic carbocycles. The van der Waals surface area contributed by atoms with E-state index in [0.29, 0.717) is 10.0 Å². The summed E-state index contributed by atoms with van der Waals surface area (Å²) in [6, 6.07) is 11.8. The lowest BCUT2D eigenvalue weighted by atomic mass is 10.1. The number of hydrogen-bond acceptors (Lipinski definition) is 1. The van der Waals surface area contributed by atoms with E-state index in [-0.39, 0.29) is 11.9 Å². The van der Waals surface area contributed by atoms with Crippen LogP contribution in [-0.4, -0.2) is 0 Å². The highest BCUT2D eigenvalue weighted by Gasteiger charge is 2.06. The summed E-state index contributed by atoms with van der Waals surface area (Å²) in [5.41, 5.74) is 1.88. The fourth-order valence-electron chi connectivity index (χ4n) is 1.67. The van der Waals surface area contributed by atoms with Gasteiger partial charge in [0.1, 0.15) is 5.82 Å². The van der Waals surface area contributed by atoms with Crippen molar-refractivity contribution in [3.8, 4) is 0 Å². The topological polar surface area (TPSA) is 12.0 Å². The zero-order chi connectivity index (χ0) is 13.1. The zero-order valence-corrected chi connectivity index (χ0v) is 11.3. The van der Waals surface area contributed by atoms with Crippen molar-refractivity contribution in [1.82, 2.24) is 0 Å². The van der Waals surface area contributed by atoms with E-state index in [1.54, 1.807) is 24.3 Å². The first-order valence-corrected chi connectivity index (χ1v) is 6.29. The Morgan fingerprint density at radius 2 is 1.67 bits per heavy atom. The van der Waals surface area contributed by atoms with Gasteiger partial charge >= 0.3 is 0 Å². The molecule has 0 spiro atoms. The van der Waals surface area contributed by atoms with Crippen LogP contribution < -0.4 is 5.32 Å². The van der Waals surface area contributed by atoms with Gasteiger partial charge in [-0.2, -0.15) is 0 Å². The molecule has 0 radical (unpaired) electrons. The third-order valence-corrected chi connectivity index (χ3v) is 3.41. The monoisotopic (exact) mass is 283 g/mol. The van der Waals surface area contributed by atoms with Crippen molar-refractivity contribution >= 4 is 28.9 Å². The molecular weight excluding hydrogens is 272 g/mol. The molecule has 0 fully saturated rings. The summed E-state index contributed by atoms with van der Waals surface area (Å²) in [7, 11) is 0. The fourth-order valence-corrected chi connectivity index (χ4v) is 1.97. The minimum atomic E-state index is -0.236. The Hall–Kier alpha value is -1.25. The molecule has 1 unspecified atom stereocenters. The normalized spacial score (nSPS) is 12.2. The van der Waals surface area contributed by atoms with Gasteiger partial charge in [0.05, 0.1) is 10.0 Å². The van der Waals surface area contributed by atoms with Crippen molar-refractivity contribution in [3.05, 3.63) is 63.9 Å². The van der Waals surface area contributed by atoms with Crippen LogP contribution in [0.1, 0.15) is 18.5 Å². The molecule has 0 aliphatic heterocycles. The van der Waals surface area contributed by atoms with E-state index >= 15 is 0 Å². The minimum Gasteiger partial charge on any atom is -0.378 e. The summed E-state index contributed by atoms with van der Waals surface area (Å²) in [6.07, 6.45) is 0. The van der Waals surface area contributed by atoms with Crippen LogP contribution in [0, 0.1) is 5.82 Å². The van der Waals surface area contributed by atoms with E-state index in [2.05, 4.69) is 5.32 Å². The van der Waals surface area contributed by atoms with Crippen LogP contribution in [0.3, 0.4) is 0 Å². The third kappa shape index (κ3) is 3.15. The van der Waals surface area contributed by atoms with E-state index < -0.39 is 0 Å². The number of rotatable bonds is 3. The van der Waals surface area contributed by atoms with E-state index in [9.17, 15) is 4.39 Å². The molecule has 1 nitrogen and oxygen atoms in total. The van der Waals surface area contributed by atoms with E-state index in [4.69, 9.17) is 23.2 Å². The molecule has 0 bridgehead atoms. The molecule has 0 aromatic heterocycles. The number of hydrogen-bond donors (Lipinski definition) is 1. The second-order valence-electron chi connectivity index (χ2n) is 4.05. The third-order valence-electron chi connectivity index (χ3n) is 2.67. The standard InChI is InChI=1S/C14H12Cl2FN/c1-9(10-2-4-11(17)5-3-10)18-12-6-7-13(15)14(16)8-12/h2-9,18H,1H3. The van der Waals surface area contributed by atoms with Crippen LogP contribution in [0.4, 0.5) is 10.1 Å². The molecule has 1 N–H and O–H groups in total. The number of nitrogens with one attached hydrogen (secondary N) is 1. The van der Waals surface area contributed by atoms with Gasteiger partial charge in [-0.25, -0.2) is 4.39 Å². The molecule has 2 aromatic rings. The Labute approximate surface area is 116 Å². The molecule has 2 aromatic carbocycles. The Bertz CT molecular complexity index is 540. The van der Waals surface area contributed by atoms with E-state index in [1.165, 1.54) is 12.1 Å². The van der Waals surface area contributed by atoms with Crippen molar-refractivity contribution in [1.29, 1.82) is 0 Å². The maximum atomic E-state index is 12.8. The summed E-state index contributed by atoms with van der Waals surface area (Å²) in [4.78, 5) is 0. The van der Waals surface area contributed by atoms with Crippen molar-refractivity contribution in [2.45, 2.75) is 13.0 Å². The van der Waals surface area contributed by atoms with E-state index in [0.717, 1.165) is 11.3 Å². The number of anilines is 1. The van der Waals surface area contributed by atoms with Crippen LogP contribution in [0.5, 0.6) is 0 Å². The van der Waals surface area contributed by atoms with Gasteiger partial charge in [0.15, 0.2) is 0 Å². The fraction of sp³-hybridized carbons (Fsp3) is 0.143. The summed E-state index contributed by atoms with van der Waals surface area (Å²) < 4.78 is 12.8. The zero-order valence-electron chi connectivity index (χ0n) is 9.75. The second kappa shape index (κ2) is 5.59. The first kappa shape index (κ1) is 13.2. The van der Waals surface area contributed by atoms with Gasteiger partial charge < -0.3 is 5.32 Å². The molecule has 0 heterocycles. The lowest BCUT2D eigenvalue weighted by Gasteiger charge is -2.16. The number of halogens is 3. The Kier molecular flexibility index (Phi) is 4.10. The molecule has 94 valence electrons. The van der Waals surface area contributed by atoms with E-state index in [1.807, 2.05) is 13.0 Å². The van der Waals surface area contributed by atoms with Gasteiger partial charge in [0.2, 0.25) is 0 Å². The lowest BCUT2D eigenvalue weighted by molar-refractivity contribution is 0.626. The van der Waals surface area contributed by atoms with Gasteiger partial charge in [0, 0.05) is 11.7 Å². The second-order valence-corrected chi connectivity index (χ2v) is 4.86. The molecule has 0 amide bonds. The van der Waals surface area contributed by atoms with Crippen LogP contribution >= 0.6 is 23.2 Å². The maximum absolute atomic E-state index is 12.8. The van der Waals surface area contributed by atoms with Gasteiger partial charge in [-0.1, -0.05) is 35.3 Å². The average molecular weight is 284 g/mol. The summed E-state index contributed by atoms with van der Waals surface area (Å²) in [5.74, 6) is -0.236. The highest BCUT2D eigenvalue weighted by molar-refractivity contribution is 6.42. The lowest BCUT2D eigenvalue weighted by Crippen LogP contribution is -2.06. The molecule has 0 aliphatic rings. The molecule has 1 atom stereocenters. The van der Waals surface area contributed by atoms with Gasteiger partial charge in [-0.3, -0.25) is 0 Å². The molecule has 18 heavy (non-hydrogen) atoms. The van der Waals surface area contributed by atoms with Gasteiger partial charge in [0.25, 0.3) is 0 Å². The number of benzene rings is 2.